The van der Waals surface area contributed by atoms with Crippen LogP contribution in [0.25, 0.3) is 0 Å². The van der Waals surface area contributed by atoms with Gasteiger partial charge >= 0.3 is 0 Å². The van der Waals surface area contributed by atoms with Crippen LogP contribution in [0.2, 0.25) is 0 Å². The standard InChI is InChI=1S/C14H24N4O2/c1-15-14-4-3-13(16-17-14)9-12-10-18(5-7-19-2)6-8-20-11-12/h3-4,12H,5-11H2,1-2H3,(H,15,17). The van der Waals surface area contributed by atoms with Crippen LogP contribution < -0.4 is 5.32 Å². The van der Waals surface area contributed by atoms with Gasteiger partial charge in [-0.15, -0.1) is 5.10 Å². The maximum Gasteiger partial charge on any atom is 0.148 e. The summed E-state index contributed by atoms with van der Waals surface area (Å²) in [6.45, 7) is 5.32. The number of nitrogens with zero attached hydrogens (tertiary/aromatic N) is 3. The van der Waals surface area contributed by atoms with Crippen LogP contribution in [-0.4, -0.2) is 68.7 Å². The second kappa shape index (κ2) is 8.14. The highest BCUT2D eigenvalue weighted by Gasteiger charge is 2.19. The minimum Gasteiger partial charge on any atom is -0.383 e. The fraction of sp³-hybridized carbons (Fsp3) is 0.714. The molecule has 1 aliphatic rings. The number of aromatic nitrogens is 2. The highest BCUT2D eigenvalue weighted by Crippen LogP contribution is 2.13. The number of hydrogen-bond donors (Lipinski definition) is 1. The summed E-state index contributed by atoms with van der Waals surface area (Å²) in [5.41, 5.74) is 1.02. The first-order chi connectivity index (χ1) is 9.81. The molecule has 0 radical (unpaired) electrons. The molecule has 0 saturated carbocycles. The lowest BCUT2D eigenvalue weighted by atomic mass is 10.0. The summed E-state index contributed by atoms with van der Waals surface area (Å²) in [6.07, 6.45) is 0.903. The van der Waals surface area contributed by atoms with Crippen molar-refractivity contribution in [3.63, 3.8) is 0 Å². The van der Waals surface area contributed by atoms with Crippen LogP contribution in [0, 0.1) is 5.92 Å². The van der Waals surface area contributed by atoms with Gasteiger partial charge in [-0.25, -0.2) is 0 Å². The summed E-state index contributed by atoms with van der Waals surface area (Å²) in [6, 6.07) is 3.99. The maximum atomic E-state index is 5.69. The van der Waals surface area contributed by atoms with E-state index >= 15 is 0 Å². The summed E-state index contributed by atoms with van der Waals surface area (Å²) in [5, 5.41) is 11.3. The third-order valence-electron chi connectivity index (χ3n) is 3.51. The van der Waals surface area contributed by atoms with E-state index in [2.05, 4.69) is 20.4 Å². The van der Waals surface area contributed by atoms with Gasteiger partial charge in [0.2, 0.25) is 0 Å². The monoisotopic (exact) mass is 280 g/mol. The Kier molecular flexibility index (Phi) is 6.17. The molecule has 6 nitrogen and oxygen atoms in total. The number of anilines is 1. The average molecular weight is 280 g/mol. The highest BCUT2D eigenvalue weighted by molar-refractivity contribution is 5.31. The lowest BCUT2D eigenvalue weighted by Crippen LogP contribution is -2.33. The largest absolute Gasteiger partial charge is 0.383 e. The number of hydrogen-bond acceptors (Lipinski definition) is 6. The number of ether oxygens (including phenoxy) is 2. The molecule has 1 unspecified atom stereocenters. The van der Waals surface area contributed by atoms with Crippen LogP contribution in [0.4, 0.5) is 5.82 Å². The first-order valence-electron chi connectivity index (χ1n) is 7.11. The predicted molar refractivity (Wildman–Crippen MR) is 77.9 cm³/mol. The van der Waals surface area contributed by atoms with Crippen LogP contribution >= 0.6 is 0 Å². The number of methoxy groups -OCH3 is 1. The van der Waals surface area contributed by atoms with E-state index in [1.165, 1.54) is 0 Å². The van der Waals surface area contributed by atoms with Gasteiger partial charge in [-0.2, -0.15) is 5.10 Å². The molecule has 112 valence electrons. The Bertz CT molecular complexity index is 385. The van der Waals surface area contributed by atoms with Gasteiger partial charge in [-0.1, -0.05) is 0 Å². The summed E-state index contributed by atoms with van der Waals surface area (Å²) >= 11 is 0. The molecule has 20 heavy (non-hydrogen) atoms. The third kappa shape index (κ3) is 4.70. The van der Waals surface area contributed by atoms with Crippen LogP contribution in [-0.2, 0) is 15.9 Å². The maximum absolute atomic E-state index is 5.69. The minimum atomic E-state index is 0.462. The molecule has 0 aromatic carbocycles. The van der Waals surface area contributed by atoms with Crippen LogP contribution in [0.3, 0.4) is 0 Å². The number of rotatable bonds is 6. The molecule has 2 rings (SSSR count). The molecule has 6 heteroatoms. The van der Waals surface area contributed by atoms with E-state index in [4.69, 9.17) is 9.47 Å². The normalized spacial score (nSPS) is 20.6. The smallest absolute Gasteiger partial charge is 0.148 e. The minimum absolute atomic E-state index is 0.462. The average Bonchev–Trinajstić information content (AvgIpc) is 2.71. The van der Waals surface area contributed by atoms with Gasteiger partial charge in [-0.05, 0) is 18.6 Å². The second-order valence-corrected chi connectivity index (χ2v) is 5.10. The van der Waals surface area contributed by atoms with Gasteiger partial charge in [0.15, 0.2) is 0 Å². The highest BCUT2D eigenvalue weighted by atomic mass is 16.5. The van der Waals surface area contributed by atoms with Crippen molar-refractivity contribution in [3.8, 4) is 0 Å². The Labute approximate surface area is 120 Å². The zero-order valence-electron chi connectivity index (χ0n) is 12.3. The Balaban J connectivity index is 1.88. The topological polar surface area (TPSA) is 59.5 Å². The fourth-order valence-corrected chi connectivity index (χ4v) is 2.40. The molecular formula is C14H24N4O2. The van der Waals surface area contributed by atoms with E-state index in [1.54, 1.807) is 7.11 Å². The summed E-state index contributed by atoms with van der Waals surface area (Å²) < 4.78 is 10.8. The van der Waals surface area contributed by atoms with Gasteiger partial charge in [0.1, 0.15) is 5.82 Å². The van der Waals surface area contributed by atoms with Crippen molar-refractivity contribution in [1.29, 1.82) is 0 Å². The summed E-state index contributed by atoms with van der Waals surface area (Å²) in [7, 11) is 3.58. The molecular weight excluding hydrogens is 256 g/mol. The molecule has 1 aliphatic heterocycles. The van der Waals surface area contributed by atoms with Crippen LogP contribution in [0.15, 0.2) is 12.1 Å². The van der Waals surface area contributed by atoms with Crippen molar-refractivity contribution in [2.75, 3.05) is 58.9 Å². The van der Waals surface area contributed by atoms with E-state index in [0.717, 1.165) is 57.4 Å². The molecule has 0 aliphatic carbocycles. The molecule has 1 aromatic heterocycles. The second-order valence-electron chi connectivity index (χ2n) is 5.10. The molecule has 1 fully saturated rings. The molecule has 1 N–H and O–H groups in total. The molecule has 0 amide bonds. The Hall–Kier alpha value is -1.24. The lowest BCUT2D eigenvalue weighted by molar-refractivity contribution is 0.118. The van der Waals surface area contributed by atoms with Gasteiger partial charge in [0.25, 0.3) is 0 Å². The van der Waals surface area contributed by atoms with Crippen LogP contribution in [0.1, 0.15) is 5.69 Å². The predicted octanol–water partition coefficient (Wildman–Crippen LogP) is 0.656. The quantitative estimate of drug-likeness (QED) is 0.826. The van der Waals surface area contributed by atoms with Crippen molar-refractivity contribution in [1.82, 2.24) is 15.1 Å². The van der Waals surface area contributed by atoms with Gasteiger partial charge in [0, 0.05) is 39.7 Å². The molecule has 1 aromatic rings. The van der Waals surface area contributed by atoms with Crippen LogP contribution in [0.5, 0.6) is 0 Å². The van der Waals surface area contributed by atoms with E-state index < -0.39 is 0 Å². The molecule has 0 spiro atoms. The summed E-state index contributed by atoms with van der Waals surface area (Å²) in [5.74, 6) is 1.26. The zero-order valence-corrected chi connectivity index (χ0v) is 12.3. The van der Waals surface area contributed by atoms with E-state index in [-0.39, 0.29) is 0 Å². The fourth-order valence-electron chi connectivity index (χ4n) is 2.40. The molecule has 0 bridgehead atoms. The third-order valence-corrected chi connectivity index (χ3v) is 3.51. The van der Waals surface area contributed by atoms with Crippen molar-refractivity contribution < 1.29 is 9.47 Å². The first-order valence-corrected chi connectivity index (χ1v) is 7.11. The van der Waals surface area contributed by atoms with Gasteiger partial charge in [-0.3, -0.25) is 4.90 Å². The first kappa shape index (κ1) is 15.2. The zero-order chi connectivity index (χ0) is 14.2. The van der Waals surface area contributed by atoms with Gasteiger partial charge in [0.05, 0.1) is 25.5 Å². The molecule has 2 heterocycles. The van der Waals surface area contributed by atoms with Crippen molar-refractivity contribution in [3.05, 3.63) is 17.8 Å². The van der Waals surface area contributed by atoms with E-state index in [0.29, 0.717) is 5.92 Å². The van der Waals surface area contributed by atoms with Gasteiger partial charge < -0.3 is 14.8 Å². The SMILES string of the molecule is CNc1ccc(CC2COCCN(CCOC)C2)nn1. The lowest BCUT2D eigenvalue weighted by Gasteiger charge is -2.22. The van der Waals surface area contributed by atoms with Crippen molar-refractivity contribution in [2.24, 2.45) is 5.92 Å². The Morgan fingerprint density at radius 1 is 1.45 bits per heavy atom. The van der Waals surface area contributed by atoms with Crippen molar-refractivity contribution in [2.45, 2.75) is 6.42 Å². The van der Waals surface area contributed by atoms with E-state index in [1.807, 2.05) is 19.2 Å². The summed E-state index contributed by atoms with van der Waals surface area (Å²) in [4.78, 5) is 2.40. The Morgan fingerprint density at radius 2 is 2.35 bits per heavy atom. The van der Waals surface area contributed by atoms with E-state index in [9.17, 15) is 0 Å². The molecule has 1 saturated heterocycles. The Morgan fingerprint density at radius 3 is 3.05 bits per heavy atom. The number of nitrogens with one attached hydrogen (secondary N) is 1. The van der Waals surface area contributed by atoms with Crippen molar-refractivity contribution >= 4 is 5.82 Å². The molecule has 1 atom stereocenters.